The average molecular weight is 276 g/mol. The number of para-hydroxylation sites is 1. The maximum atomic E-state index is 11.4. The van der Waals surface area contributed by atoms with Gasteiger partial charge in [0.1, 0.15) is 12.6 Å². The number of aliphatic carboxylic acids is 1. The van der Waals surface area contributed by atoms with Crippen molar-refractivity contribution in [3.63, 3.8) is 0 Å². The first-order valence-corrected chi connectivity index (χ1v) is 6.18. The molecule has 0 bridgehead atoms. The second kappa shape index (κ2) is 6.21. The Kier molecular flexibility index (Phi) is 4.37. The van der Waals surface area contributed by atoms with E-state index in [0.29, 0.717) is 0 Å². The lowest BCUT2D eigenvalue weighted by Crippen LogP contribution is -2.43. The SMILES string of the molecule is COCC(=O)N[C@@H](Cc1c[nH]c2ccccc12)C(=O)O. The fourth-order valence-electron chi connectivity index (χ4n) is 2.09. The smallest absolute Gasteiger partial charge is 0.326 e. The number of carboxylic acids is 1. The third-order valence-electron chi connectivity index (χ3n) is 3.01. The highest BCUT2D eigenvalue weighted by atomic mass is 16.5. The van der Waals surface area contributed by atoms with Crippen molar-refractivity contribution in [1.82, 2.24) is 10.3 Å². The van der Waals surface area contributed by atoms with Crippen LogP contribution in [0.3, 0.4) is 0 Å². The number of benzene rings is 1. The molecule has 0 fully saturated rings. The fraction of sp³-hybridized carbons (Fsp3) is 0.286. The van der Waals surface area contributed by atoms with Crippen molar-refractivity contribution in [2.45, 2.75) is 12.5 Å². The Balaban J connectivity index is 2.15. The Morgan fingerprint density at radius 3 is 2.85 bits per heavy atom. The molecule has 0 radical (unpaired) electrons. The van der Waals surface area contributed by atoms with E-state index in [1.165, 1.54) is 7.11 Å². The molecule has 6 nitrogen and oxygen atoms in total. The second-order valence-corrected chi connectivity index (χ2v) is 4.45. The first-order chi connectivity index (χ1) is 9.61. The van der Waals surface area contributed by atoms with Gasteiger partial charge in [-0.25, -0.2) is 4.79 Å². The zero-order valence-electron chi connectivity index (χ0n) is 11.1. The molecule has 1 aromatic heterocycles. The summed E-state index contributed by atoms with van der Waals surface area (Å²) in [5, 5.41) is 12.6. The van der Waals surface area contributed by atoms with E-state index in [1.807, 2.05) is 24.3 Å². The maximum Gasteiger partial charge on any atom is 0.326 e. The number of methoxy groups -OCH3 is 1. The van der Waals surface area contributed by atoms with E-state index in [0.717, 1.165) is 16.5 Å². The van der Waals surface area contributed by atoms with Gasteiger partial charge in [0.15, 0.2) is 0 Å². The van der Waals surface area contributed by atoms with E-state index >= 15 is 0 Å². The van der Waals surface area contributed by atoms with E-state index in [-0.39, 0.29) is 13.0 Å². The number of H-pyrrole nitrogens is 1. The topological polar surface area (TPSA) is 91.4 Å². The predicted molar refractivity (Wildman–Crippen MR) is 73.4 cm³/mol. The Morgan fingerprint density at radius 1 is 1.40 bits per heavy atom. The number of fused-ring (bicyclic) bond motifs is 1. The molecule has 0 saturated carbocycles. The van der Waals surface area contributed by atoms with Gasteiger partial charge < -0.3 is 20.1 Å². The molecule has 0 unspecified atom stereocenters. The minimum Gasteiger partial charge on any atom is -0.480 e. The summed E-state index contributed by atoms with van der Waals surface area (Å²) in [6.45, 7) is -0.155. The summed E-state index contributed by atoms with van der Waals surface area (Å²) in [4.78, 5) is 25.8. The van der Waals surface area contributed by atoms with E-state index in [2.05, 4.69) is 15.0 Å². The lowest BCUT2D eigenvalue weighted by molar-refractivity contribution is -0.142. The Bertz CT molecular complexity index is 620. The summed E-state index contributed by atoms with van der Waals surface area (Å²) in [6.07, 6.45) is 1.98. The van der Waals surface area contributed by atoms with Crippen LogP contribution in [0.5, 0.6) is 0 Å². The second-order valence-electron chi connectivity index (χ2n) is 4.45. The van der Waals surface area contributed by atoms with Crippen LogP contribution in [0.2, 0.25) is 0 Å². The van der Waals surface area contributed by atoms with Crippen molar-refractivity contribution in [3.05, 3.63) is 36.0 Å². The molecule has 0 aliphatic rings. The Hall–Kier alpha value is -2.34. The largest absolute Gasteiger partial charge is 0.480 e. The van der Waals surface area contributed by atoms with Crippen molar-refractivity contribution in [2.75, 3.05) is 13.7 Å². The summed E-state index contributed by atoms with van der Waals surface area (Å²) in [7, 11) is 1.38. The van der Waals surface area contributed by atoms with Gasteiger partial charge in [-0.2, -0.15) is 0 Å². The van der Waals surface area contributed by atoms with Gasteiger partial charge in [-0.3, -0.25) is 4.79 Å². The molecular formula is C14H16N2O4. The van der Waals surface area contributed by atoms with Gasteiger partial charge in [-0.15, -0.1) is 0 Å². The van der Waals surface area contributed by atoms with Gasteiger partial charge in [0.2, 0.25) is 5.91 Å². The minimum atomic E-state index is -1.07. The fourth-order valence-corrected chi connectivity index (χ4v) is 2.09. The monoisotopic (exact) mass is 276 g/mol. The molecule has 0 aliphatic carbocycles. The molecule has 0 spiro atoms. The number of ether oxygens (including phenoxy) is 1. The van der Waals surface area contributed by atoms with Gasteiger partial charge in [0.25, 0.3) is 0 Å². The van der Waals surface area contributed by atoms with Gasteiger partial charge in [-0.1, -0.05) is 18.2 Å². The number of carbonyl (C=O) groups excluding carboxylic acids is 1. The predicted octanol–water partition coefficient (Wildman–Crippen LogP) is 0.926. The zero-order chi connectivity index (χ0) is 14.5. The number of aromatic nitrogens is 1. The third-order valence-corrected chi connectivity index (χ3v) is 3.01. The molecule has 106 valence electrons. The number of nitrogens with one attached hydrogen (secondary N) is 2. The molecule has 2 aromatic rings. The van der Waals surface area contributed by atoms with E-state index in [1.54, 1.807) is 6.20 Å². The number of hydrogen-bond acceptors (Lipinski definition) is 3. The summed E-state index contributed by atoms with van der Waals surface area (Å²) >= 11 is 0. The van der Waals surface area contributed by atoms with Crippen LogP contribution in [0, 0.1) is 0 Å². The van der Waals surface area contributed by atoms with Crippen LogP contribution in [0.1, 0.15) is 5.56 Å². The van der Waals surface area contributed by atoms with Crippen LogP contribution < -0.4 is 5.32 Å². The van der Waals surface area contributed by atoms with Gasteiger partial charge in [0.05, 0.1) is 0 Å². The first-order valence-electron chi connectivity index (χ1n) is 6.18. The zero-order valence-corrected chi connectivity index (χ0v) is 11.1. The van der Waals surface area contributed by atoms with E-state index < -0.39 is 17.9 Å². The molecule has 2 rings (SSSR count). The molecule has 0 aliphatic heterocycles. The molecule has 1 heterocycles. The molecule has 1 atom stereocenters. The number of aromatic amines is 1. The van der Waals surface area contributed by atoms with Crippen molar-refractivity contribution in [1.29, 1.82) is 0 Å². The van der Waals surface area contributed by atoms with Crippen molar-refractivity contribution in [2.24, 2.45) is 0 Å². The maximum absolute atomic E-state index is 11.4. The van der Waals surface area contributed by atoms with E-state index in [4.69, 9.17) is 0 Å². The number of carboxylic acid groups (broad SMARTS) is 1. The van der Waals surface area contributed by atoms with Crippen LogP contribution >= 0.6 is 0 Å². The first kappa shape index (κ1) is 14.1. The average Bonchev–Trinajstić information content (AvgIpc) is 2.82. The quantitative estimate of drug-likeness (QED) is 0.732. The highest BCUT2D eigenvalue weighted by Crippen LogP contribution is 2.19. The minimum absolute atomic E-state index is 0.155. The number of hydrogen-bond donors (Lipinski definition) is 3. The standard InChI is InChI=1S/C14H16N2O4/c1-20-8-13(17)16-12(14(18)19)6-9-7-15-11-5-3-2-4-10(9)11/h2-5,7,12,15H,6,8H2,1H3,(H,16,17)(H,18,19)/t12-/m0/s1. The summed E-state index contributed by atoms with van der Waals surface area (Å²) in [5.41, 5.74) is 1.79. The highest BCUT2D eigenvalue weighted by Gasteiger charge is 2.21. The third kappa shape index (κ3) is 3.16. The Morgan fingerprint density at radius 2 is 2.15 bits per heavy atom. The van der Waals surface area contributed by atoms with Gasteiger partial charge in [0, 0.05) is 30.6 Å². The summed E-state index contributed by atoms with van der Waals surface area (Å²) in [6, 6.07) is 6.64. The van der Waals surface area contributed by atoms with Crippen LogP contribution in [-0.2, 0) is 20.7 Å². The molecule has 0 saturated heterocycles. The lowest BCUT2D eigenvalue weighted by Gasteiger charge is -2.13. The highest BCUT2D eigenvalue weighted by molar-refractivity contribution is 5.87. The number of rotatable bonds is 6. The van der Waals surface area contributed by atoms with Crippen LogP contribution in [0.4, 0.5) is 0 Å². The molecular weight excluding hydrogens is 260 g/mol. The molecule has 1 aromatic carbocycles. The van der Waals surface area contributed by atoms with Crippen molar-refractivity contribution < 1.29 is 19.4 Å². The van der Waals surface area contributed by atoms with Crippen molar-refractivity contribution >= 4 is 22.8 Å². The normalized spacial score (nSPS) is 12.2. The lowest BCUT2D eigenvalue weighted by atomic mass is 10.1. The number of amides is 1. The number of carbonyl (C=O) groups is 2. The van der Waals surface area contributed by atoms with Crippen LogP contribution in [0.25, 0.3) is 10.9 Å². The van der Waals surface area contributed by atoms with Crippen LogP contribution in [-0.4, -0.2) is 41.7 Å². The summed E-state index contributed by atoms with van der Waals surface area (Å²) in [5.74, 6) is -1.51. The molecule has 20 heavy (non-hydrogen) atoms. The van der Waals surface area contributed by atoms with Gasteiger partial charge in [-0.05, 0) is 11.6 Å². The van der Waals surface area contributed by atoms with Gasteiger partial charge >= 0.3 is 5.97 Å². The summed E-state index contributed by atoms with van der Waals surface area (Å²) < 4.78 is 4.68. The molecule has 3 N–H and O–H groups in total. The molecule has 1 amide bonds. The molecule has 6 heteroatoms. The van der Waals surface area contributed by atoms with Crippen molar-refractivity contribution in [3.8, 4) is 0 Å². The van der Waals surface area contributed by atoms with E-state index in [9.17, 15) is 14.7 Å². The van der Waals surface area contributed by atoms with Crippen LogP contribution in [0.15, 0.2) is 30.5 Å². The Labute approximate surface area is 115 Å².